The third-order valence-corrected chi connectivity index (χ3v) is 7.85. The number of hydrogen-bond donors (Lipinski definition) is 1. The summed E-state index contributed by atoms with van der Waals surface area (Å²) < 4.78 is 4.48. The van der Waals surface area contributed by atoms with Crippen LogP contribution in [0, 0.1) is 11.8 Å². The van der Waals surface area contributed by atoms with E-state index < -0.39 is 0 Å². The van der Waals surface area contributed by atoms with Crippen LogP contribution in [-0.4, -0.2) is 39.7 Å². The lowest BCUT2D eigenvalue weighted by Crippen LogP contribution is -2.33. The van der Waals surface area contributed by atoms with Crippen molar-refractivity contribution in [3.05, 3.63) is 45.4 Å². The molecule has 0 bridgehead atoms. The minimum Gasteiger partial charge on any atom is -0.507 e. The molecule has 2 atom stereocenters. The zero-order valence-corrected chi connectivity index (χ0v) is 23.9. The number of halogens is 1. The average molecular weight is 549 g/mol. The standard InChI is InChI=1S/C27H38BrN3O2S/c1-8-9-17-15-31(25(30-28)19(17)14-23-29-10-11-34-23)16-22(32)18-12-20(26(2,3)4)24(33)21(13-18)27(5,6)7/h10-13,17,19,33H,8-9,14-16H2,1-7H3/t17-,19-/m1/s1. The summed E-state index contributed by atoms with van der Waals surface area (Å²) in [4.78, 5) is 20.2. The summed E-state index contributed by atoms with van der Waals surface area (Å²) in [5.41, 5.74) is 1.72. The van der Waals surface area contributed by atoms with Gasteiger partial charge in [-0.3, -0.25) is 4.79 Å². The van der Waals surface area contributed by atoms with E-state index in [1.54, 1.807) is 11.3 Å². The molecule has 0 spiro atoms. The van der Waals surface area contributed by atoms with Gasteiger partial charge < -0.3 is 10.0 Å². The maximum absolute atomic E-state index is 13.6. The minimum atomic E-state index is -0.276. The summed E-state index contributed by atoms with van der Waals surface area (Å²) in [7, 11) is 0. The lowest BCUT2D eigenvalue weighted by Gasteiger charge is -2.28. The van der Waals surface area contributed by atoms with E-state index in [2.05, 4.69) is 78.5 Å². The maximum Gasteiger partial charge on any atom is 0.182 e. The fourth-order valence-electron chi connectivity index (χ4n) is 4.88. The predicted octanol–water partition coefficient (Wildman–Crippen LogP) is 6.93. The summed E-state index contributed by atoms with van der Waals surface area (Å²) in [5, 5.41) is 14.1. The predicted molar refractivity (Wildman–Crippen MR) is 145 cm³/mol. The number of likely N-dealkylation sites (tertiary alicyclic amines) is 1. The quantitative estimate of drug-likeness (QED) is 0.381. The fraction of sp³-hybridized carbons (Fsp3) is 0.593. The number of phenols is 1. The SMILES string of the molecule is CCC[C@@H]1CN(CC(=O)c2cc(C(C)(C)C)c(O)c(C(C)(C)C)c2)C(=NBr)[C@@H]1Cc1nccs1. The number of carbonyl (C=O) groups excluding carboxylic acids is 1. The molecule has 1 aliphatic rings. The van der Waals surface area contributed by atoms with Gasteiger partial charge >= 0.3 is 0 Å². The average Bonchev–Trinajstić information content (AvgIpc) is 3.35. The van der Waals surface area contributed by atoms with Gasteiger partial charge in [-0.1, -0.05) is 54.9 Å². The van der Waals surface area contributed by atoms with Gasteiger partial charge in [-0.2, -0.15) is 4.02 Å². The fourth-order valence-corrected chi connectivity index (χ4v) is 6.04. The molecular weight excluding hydrogens is 510 g/mol. The first-order chi connectivity index (χ1) is 15.9. The van der Waals surface area contributed by atoms with Crippen LogP contribution in [0.2, 0.25) is 0 Å². The van der Waals surface area contributed by atoms with Crippen molar-refractivity contribution < 1.29 is 9.90 Å². The Hall–Kier alpha value is -1.73. The molecule has 1 aromatic carbocycles. The highest BCUT2D eigenvalue weighted by Crippen LogP contribution is 2.40. The van der Waals surface area contributed by atoms with Crippen molar-refractivity contribution in [2.24, 2.45) is 15.9 Å². The zero-order chi connectivity index (χ0) is 25.3. The van der Waals surface area contributed by atoms with Crippen LogP contribution in [0.3, 0.4) is 0 Å². The van der Waals surface area contributed by atoms with Gasteiger partial charge in [0.2, 0.25) is 0 Å². The second-order valence-corrected chi connectivity index (χ2v) is 12.8. The molecule has 0 unspecified atom stereocenters. The Balaban J connectivity index is 1.92. The first kappa shape index (κ1) is 26.9. The summed E-state index contributed by atoms with van der Waals surface area (Å²) in [6, 6.07) is 3.76. The van der Waals surface area contributed by atoms with E-state index in [1.165, 1.54) is 0 Å². The molecule has 1 N–H and O–H groups in total. The van der Waals surface area contributed by atoms with Gasteiger partial charge in [0.25, 0.3) is 0 Å². The van der Waals surface area contributed by atoms with Crippen molar-refractivity contribution in [2.75, 3.05) is 13.1 Å². The lowest BCUT2D eigenvalue weighted by molar-refractivity contribution is 0.0963. The highest BCUT2D eigenvalue weighted by molar-refractivity contribution is 9.08. The number of nitrogens with zero attached hydrogens (tertiary/aromatic N) is 3. The van der Waals surface area contributed by atoms with Crippen LogP contribution in [0.15, 0.2) is 27.7 Å². The van der Waals surface area contributed by atoms with E-state index in [9.17, 15) is 9.90 Å². The van der Waals surface area contributed by atoms with Crippen LogP contribution in [0.1, 0.15) is 87.8 Å². The van der Waals surface area contributed by atoms with Gasteiger partial charge in [0.15, 0.2) is 5.78 Å². The number of aromatic nitrogens is 1. The number of rotatable bonds is 7. The molecule has 0 amide bonds. The number of hydrogen-bond acceptors (Lipinski definition) is 5. The molecule has 3 rings (SSSR count). The van der Waals surface area contributed by atoms with E-state index in [0.29, 0.717) is 17.2 Å². The van der Waals surface area contributed by atoms with E-state index in [1.807, 2.05) is 23.7 Å². The van der Waals surface area contributed by atoms with Crippen molar-refractivity contribution in [3.8, 4) is 5.75 Å². The summed E-state index contributed by atoms with van der Waals surface area (Å²) in [5.74, 6) is 1.97. The number of Topliss-reactive ketones (excluding diaryl/α,β-unsaturated/α-hetero) is 1. The molecule has 5 nitrogen and oxygen atoms in total. The van der Waals surface area contributed by atoms with Gasteiger partial charge in [0, 0.05) is 47.2 Å². The number of carbonyl (C=O) groups is 1. The Morgan fingerprint density at radius 3 is 2.29 bits per heavy atom. The normalized spacial score (nSPS) is 20.4. The molecular formula is C27H38BrN3O2S. The molecule has 1 aliphatic heterocycles. The molecule has 0 radical (unpaired) electrons. The third-order valence-electron chi connectivity index (χ3n) is 6.69. The van der Waals surface area contributed by atoms with Crippen LogP contribution in [-0.2, 0) is 17.3 Å². The van der Waals surface area contributed by atoms with Crippen LogP contribution in [0.25, 0.3) is 0 Å². The first-order valence-electron chi connectivity index (χ1n) is 12.1. The van der Waals surface area contributed by atoms with Gasteiger partial charge in [0.1, 0.15) is 11.6 Å². The van der Waals surface area contributed by atoms with Gasteiger partial charge in [-0.25, -0.2) is 4.98 Å². The molecule has 2 heterocycles. The molecule has 1 aromatic heterocycles. The lowest BCUT2D eigenvalue weighted by atomic mass is 9.78. The number of amidine groups is 1. The van der Waals surface area contributed by atoms with Gasteiger partial charge in [-0.05, 0) is 35.3 Å². The van der Waals surface area contributed by atoms with Crippen molar-refractivity contribution in [1.29, 1.82) is 0 Å². The number of aromatic hydroxyl groups is 1. The number of ketones is 1. The third kappa shape index (κ3) is 5.91. The Bertz CT molecular complexity index is 1000. The first-order valence-corrected chi connectivity index (χ1v) is 13.7. The Morgan fingerprint density at radius 1 is 1.21 bits per heavy atom. The number of thiazole rings is 1. The van der Waals surface area contributed by atoms with E-state index >= 15 is 0 Å². The molecule has 0 saturated carbocycles. The van der Waals surface area contributed by atoms with Gasteiger partial charge in [-0.15, -0.1) is 11.3 Å². The monoisotopic (exact) mass is 547 g/mol. The molecule has 7 heteroatoms. The molecule has 186 valence electrons. The molecule has 1 fully saturated rings. The van der Waals surface area contributed by atoms with Crippen LogP contribution in [0.4, 0.5) is 0 Å². The van der Waals surface area contributed by atoms with E-state index in [-0.39, 0.29) is 29.1 Å². The summed E-state index contributed by atoms with van der Waals surface area (Å²) in [6.45, 7) is 15.7. The molecule has 1 saturated heterocycles. The van der Waals surface area contributed by atoms with E-state index in [4.69, 9.17) is 0 Å². The largest absolute Gasteiger partial charge is 0.507 e. The Kier molecular flexibility index (Phi) is 8.29. The van der Waals surface area contributed by atoms with Crippen LogP contribution >= 0.6 is 27.5 Å². The van der Waals surface area contributed by atoms with Crippen LogP contribution in [0.5, 0.6) is 5.75 Å². The van der Waals surface area contributed by atoms with Crippen molar-refractivity contribution in [3.63, 3.8) is 0 Å². The van der Waals surface area contributed by atoms with Crippen molar-refractivity contribution >= 4 is 39.1 Å². The maximum atomic E-state index is 13.6. The number of phenolic OH excluding ortho intramolecular Hbond substituents is 1. The van der Waals surface area contributed by atoms with Crippen molar-refractivity contribution in [1.82, 2.24) is 9.88 Å². The highest BCUT2D eigenvalue weighted by Gasteiger charge is 2.39. The molecule has 34 heavy (non-hydrogen) atoms. The van der Waals surface area contributed by atoms with Gasteiger partial charge in [0.05, 0.1) is 27.7 Å². The Morgan fingerprint density at radius 2 is 1.82 bits per heavy atom. The summed E-state index contributed by atoms with van der Waals surface area (Å²) >= 11 is 5.03. The number of benzene rings is 1. The minimum absolute atomic E-state index is 0.0507. The highest BCUT2D eigenvalue weighted by atomic mass is 79.9. The zero-order valence-electron chi connectivity index (χ0n) is 21.5. The smallest absolute Gasteiger partial charge is 0.182 e. The second kappa shape index (κ2) is 10.5. The molecule has 2 aromatic rings. The molecule has 0 aliphatic carbocycles. The summed E-state index contributed by atoms with van der Waals surface area (Å²) in [6.07, 6.45) is 4.88. The van der Waals surface area contributed by atoms with Crippen molar-refractivity contribution in [2.45, 2.75) is 78.6 Å². The Labute approximate surface area is 217 Å². The van der Waals surface area contributed by atoms with Crippen LogP contribution < -0.4 is 0 Å². The van der Waals surface area contributed by atoms with E-state index in [0.717, 1.165) is 47.8 Å². The topological polar surface area (TPSA) is 65.8 Å². The second-order valence-electron chi connectivity index (χ2n) is 11.5.